The number of hydrogen-bond donors (Lipinski definition) is 1. The standard InChI is InChI=1S/C24H23F6N3OS/c1-13-5-7-33(8-6-13)12-19-31-21(20-17-3-2-4-18(17)35-22(20)32-19)34-16-10-14(23(25,26)27)9-15(11-16)24(28,29)30/h9-11,13H,2-8,12H2,1H3/p+1. The zero-order valence-corrected chi connectivity index (χ0v) is 19.8. The molecular formula is C24H24F6N3OS+. The fourth-order valence-corrected chi connectivity index (χ4v) is 6.10. The van der Waals surface area contributed by atoms with Crippen LogP contribution in [0.3, 0.4) is 0 Å². The van der Waals surface area contributed by atoms with E-state index in [1.54, 1.807) is 0 Å². The van der Waals surface area contributed by atoms with Crippen LogP contribution in [-0.2, 0) is 31.7 Å². The highest BCUT2D eigenvalue weighted by molar-refractivity contribution is 7.19. The summed E-state index contributed by atoms with van der Waals surface area (Å²) in [6, 6.07) is 1.27. The highest BCUT2D eigenvalue weighted by Crippen LogP contribution is 2.43. The second-order valence-corrected chi connectivity index (χ2v) is 10.5. The largest absolute Gasteiger partial charge is 0.438 e. The summed E-state index contributed by atoms with van der Waals surface area (Å²) in [5.41, 5.74) is -1.86. The molecule has 2 aliphatic rings. The maximum Gasteiger partial charge on any atom is 0.416 e. The van der Waals surface area contributed by atoms with Crippen molar-refractivity contribution >= 4 is 21.6 Å². The average Bonchev–Trinajstić information content (AvgIpc) is 3.35. The maximum absolute atomic E-state index is 13.4. The van der Waals surface area contributed by atoms with Crippen molar-refractivity contribution in [3.63, 3.8) is 0 Å². The molecule has 1 aliphatic heterocycles. The van der Waals surface area contributed by atoms with Crippen molar-refractivity contribution in [3.05, 3.63) is 45.6 Å². The summed E-state index contributed by atoms with van der Waals surface area (Å²) >= 11 is 1.50. The molecule has 0 atom stereocenters. The van der Waals surface area contributed by atoms with Crippen molar-refractivity contribution in [2.45, 2.75) is 57.9 Å². The first-order valence-electron chi connectivity index (χ1n) is 11.6. The number of halogens is 6. The third kappa shape index (κ3) is 5.11. The summed E-state index contributed by atoms with van der Waals surface area (Å²) in [5, 5.41) is 0.597. The quantitative estimate of drug-likeness (QED) is 0.444. The minimum atomic E-state index is -4.95. The number of benzene rings is 1. The predicted molar refractivity (Wildman–Crippen MR) is 119 cm³/mol. The number of hydrogen-bond acceptors (Lipinski definition) is 4. The van der Waals surface area contributed by atoms with E-state index in [1.165, 1.54) is 16.2 Å². The molecule has 188 valence electrons. The number of piperidine rings is 1. The van der Waals surface area contributed by atoms with Gasteiger partial charge in [0.05, 0.1) is 29.6 Å². The van der Waals surface area contributed by atoms with Crippen LogP contribution < -0.4 is 9.64 Å². The summed E-state index contributed by atoms with van der Waals surface area (Å²) in [6.07, 6.45) is -5.20. The fraction of sp³-hybridized carbons (Fsp3) is 0.500. The molecule has 5 rings (SSSR count). The molecule has 2 aromatic heterocycles. The lowest BCUT2D eigenvalue weighted by Gasteiger charge is -2.26. The molecule has 0 amide bonds. The number of alkyl halides is 6. The maximum atomic E-state index is 13.4. The molecule has 11 heteroatoms. The van der Waals surface area contributed by atoms with Crippen LogP contribution in [0.25, 0.3) is 10.2 Å². The van der Waals surface area contributed by atoms with Gasteiger partial charge in [0.25, 0.3) is 0 Å². The Morgan fingerprint density at radius 3 is 2.26 bits per heavy atom. The molecule has 1 N–H and O–H groups in total. The number of thiophene rings is 1. The monoisotopic (exact) mass is 516 g/mol. The first-order chi connectivity index (χ1) is 16.5. The second kappa shape index (κ2) is 8.92. The van der Waals surface area contributed by atoms with Crippen LogP contribution in [0, 0.1) is 5.92 Å². The van der Waals surface area contributed by atoms with Crippen molar-refractivity contribution < 1.29 is 36.0 Å². The van der Waals surface area contributed by atoms with E-state index in [4.69, 9.17) is 9.72 Å². The fourth-order valence-electron chi connectivity index (χ4n) is 4.83. The summed E-state index contributed by atoms with van der Waals surface area (Å²) < 4.78 is 85.9. The Hall–Kier alpha value is -2.40. The van der Waals surface area contributed by atoms with Gasteiger partial charge in [-0.2, -0.15) is 31.3 Å². The number of likely N-dealkylation sites (tertiary alicyclic amines) is 1. The van der Waals surface area contributed by atoms with Crippen molar-refractivity contribution in [1.29, 1.82) is 0 Å². The van der Waals surface area contributed by atoms with E-state index in [9.17, 15) is 26.3 Å². The van der Waals surface area contributed by atoms with E-state index < -0.39 is 29.2 Å². The second-order valence-electron chi connectivity index (χ2n) is 9.44. The summed E-state index contributed by atoms with van der Waals surface area (Å²) in [7, 11) is 0. The molecule has 0 bridgehead atoms. The van der Waals surface area contributed by atoms with Gasteiger partial charge in [-0.1, -0.05) is 6.92 Å². The number of nitrogens with one attached hydrogen (secondary N) is 1. The molecule has 0 unspecified atom stereocenters. The first kappa shape index (κ1) is 24.3. The van der Waals surface area contributed by atoms with E-state index >= 15 is 0 Å². The number of aryl methyl sites for hydroxylation is 2. The number of fused-ring (bicyclic) bond motifs is 3. The van der Waals surface area contributed by atoms with Crippen LogP contribution in [0.5, 0.6) is 11.6 Å². The molecule has 0 saturated carbocycles. The Morgan fingerprint density at radius 2 is 1.63 bits per heavy atom. The van der Waals surface area contributed by atoms with Gasteiger partial charge < -0.3 is 9.64 Å². The minimum Gasteiger partial charge on any atom is -0.438 e. The SMILES string of the molecule is CC1CC[NH+](Cc2nc(Oc3cc(C(F)(F)F)cc(C(F)(F)F)c3)c3c4c(sc3n2)CCC4)CC1. The van der Waals surface area contributed by atoms with Gasteiger partial charge in [-0.05, 0) is 61.8 Å². The van der Waals surface area contributed by atoms with Gasteiger partial charge in [0, 0.05) is 4.88 Å². The normalized spacial score (nSPS) is 20.9. The lowest BCUT2D eigenvalue weighted by molar-refractivity contribution is -0.920. The van der Waals surface area contributed by atoms with Gasteiger partial charge >= 0.3 is 12.4 Å². The Labute approximate surface area is 201 Å². The van der Waals surface area contributed by atoms with Crippen molar-refractivity contribution in [2.24, 2.45) is 5.92 Å². The average molecular weight is 517 g/mol. The number of rotatable bonds is 4. The highest BCUT2D eigenvalue weighted by Gasteiger charge is 2.37. The molecule has 1 fully saturated rings. The lowest BCUT2D eigenvalue weighted by Crippen LogP contribution is -3.11. The van der Waals surface area contributed by atoms with E-state index in [0.29, 0.717) is 40.6 Å². The number of nitrogens with zero attached hydrogens (tertiary/aromatic N) is 2. The zero-order chi connectivity index (χ0) is 25.0. The van der Waals surface area contributed by atoms with Gasteiger partial charge in [0.2, 0.25) is 5.88 Å². The Bertz CT molecular complexity index is 1210. The molecule has 4 nitrogen and oxygen atoms in total. The van der Waals surface area contributed by atoms with Gasteiger partial charge in [-0.3, -0.25) is 0 Å². The van der Waals surface area contributed by atoms with Crippen LogP contribution in [0.1, 0.15) is 53.6 Å². The minimum absolute atomic E-state index is 0.0293. The third-order valence-electron chi connectivity index (χ3n) is 6.74. The Balaban J connectivity index is 1.56. The molecule has 0 spiro atoms. The topological polar surface area (TPSA) is 39.5 Å². The Kier molecular flexibility index (Phi) is 6.19. The van der Waals surface area contributed by atoms with E-state index in [2.05, 4.69) is 11.9 Å². The summed E-state index contributed by atoms with van der Waals surface area (Å²) in [6.45, 7) is 4.66. The molecule has 1 aromatic carbocycles. The van der Waals surface area contributed by atoms with Crippen LogP contribution >= 0.6 is 11.3 Å². The van der Waals surface area contributed by atoms with Crippen LogP contribution in [0.2, 0.25) is 0 Å². The first-order valence-corrected chi connectivity index (χ1v) is 12.4. The highest BCUT2D eigenvalue weighted by atomic mass is 32.1. The van der Waals surface area contributed by atoms with Crippen LogP contribution in [0.15, 0.2) is 18.2 Å². The van der Waals surface area contributed by atoms with Gasteiger partial charge in [0.15, 0.2) is 5.82 Å². The van der Waals surface area contributed by atoms with Crippen LogP contribution in [0.4, 0.5) is 26.3 Å². The van der Waals surface area contributed by atoms with Crippen molar-refractivity contribution in [1.82, 2.24) is 9.97 Å². The van der Waals surface area contributed by atoms with Gasteiger partial charge in [-0.25, -0.2) is 4.98 Å². The number of ether oxygens (including phenoxy) is 1. The molecule has 1 aliphatic carbocycles. The summed E-state index contributed by atoms with van der Waals surface area (Å²) in [4.78, 5) is 12.3. The van der Waals surface area contributed by atoms with Crippen LogP contribution in [-0.4, -0.2) is 23.1 Å². The zero-order valence-electron chi connectivity index (χ0n) is 18.9. The molecule has 35 heavy (non-hydrogen) atoms. The van der Waals surface area contributed by atoms with E-state index in [-0.39, 0.29) is 11.9 Å². The molecule has 1 saturated heterocycles. The molecule has 3 aromatic rings. The van der Waals surface area contributed by atoms with Crippen molar-refractivity contribution in [3.8, 4) is 11.6 Å². The summed E-state index contributed by atoms with van der Waals surface area (Å²) in [5.74, 6) is 0.627. The predicted octanol–water partition coefficient (Wildman–Crippen LogP) is 5.82. The van der Waals surface area contributed by atoms with Gasteiger partial charge in [-0.15, -0.1) is 11.3 Å². The lowest BCUT2D eigenvalue weighted by atomic mass is 9.99. The van der Waals surface area contributed by atoms with E-state index in [0.717, 1.165) is 55.6 Å². The number of quaternary nitrogens is 1. The number of aromatic nitrogens is 2. The third-order valence-corrected chi connectivity index (χ3v) is 7.93. The van der Waals surface area contributed by atoms with E-state index in [1.807, 2.05) is 0 Å². The smallest absolute Gasteiger partial charge is 0.416 e. The Morgan fingerprint density at radius 1 is 0.971 bits per heavy atom. The van der Waals surface area contributed by atoms with Crippen molar-refractivity contribution in [2.75, 3.05) is 13.1 Å². The molecule has 0 radical (unpaired) electrons. The van der Waals surface area contributed by atoms with Gasteiger partial charge in [0.1, 0.15) is 17.1 Å². The molecular weight excluding hydrogens is 492 g/mol. The molecule has 3 heterocycles.